The number of amides is 2. The van der Waals surface area contributed by atoms with Crippen molar-refractivity contribution >= 4 is 15.9 Å². The molecule has 0 saturated carbocycles. The van der Waals surface area contributed by atoms with Gasteiger partial charge in [0, 0.05) is 36.7 Å². The Hall–Kier alpha value is -2.42. The number of urea groups is 1. The number of aromatic nitrogens is 3. The van der Waals surface area contributed by atoms with Gasteiger partial charge in [0.1, 0.15) is 0 Å². The van der Waals surface area contributed by atoms with Gasteiger partial charge in [-0.15, -0.1) is 0 Å². The summed E-state index contributed by atoms with van der Waals surface area (Å²) in [5, 5.41) is 9.55. The molecule has 1 atom stereocenters. The molecule has 3 heterocycles. The monoisotopic (exact) mass is 335 g/mol. The minimum atomic E-state index is -3.01. The highest BCUT2D eigenvalue weighted by molar-refractivity contribution is 7.91. The van der Waals surface area contributed by atoms with Gasteiger partial charge in [-0.1, -0.05) is 6.07 Å². The van der Waals surface area contributed by atoms with Gasteiger partial charge in [0.25, 0.3) is 0 Å². The van der Waals surface area contributed by atoms with E-state index in [4.69, 9.17) is 0 Å². The van der Waals surface area contributed by atoms with Crippen molar-refractivity contribution in [2.24, 2.45) is 0 Å². The van der Waals surface area contributed by atoms with Crippen LogP contribution in [0.15, 0.2) is 36.8 Å². The summed E-state index contributed by atoms with van der Waals surface area (Å²) in [5.74, 6) is 0.775. The third-order valence-corrected chi connectivity index (χ3v) is 5.36. The average Bonchev–Trinajstić information content (AvgIpc) is 3.15. The van der Waals surface area contributed by atoms with E-state index in [1.165, 1.54) is 0 Å². The topological polar surface area (TPSA) is 106 Å². The van der Waals surface area contributed by atoms with Gasteiger partial charge in [0.05, 0.1) is 11.5 Å². The van der Waals surface area contributed by atoms with E-state index in [1.54, 1.807) is 35.4 Å². The second kappa shape index (κ2) is 6.37. The molecular weight excluding hydrogens is 318 g/mol. The van der Waals surface area contributed by atoms with Crippen LogP contribution in [0.2, 0.25) is 0 Å². The number of hydrogen-bond acceptors (Lipinski definition) is 5. The summed E-state index contributed by atoms with van der Waals surface area (Å²) in [6, 6.07) is 4.72. The van der Waals surface area contributed by atoms with E-state index < -0.39 is 9.84 Å². The molecule has 0 radical (unpaired) electrons. The van der Waals surface area contributed by atoms with Crippen LogP contribution in [0.5, 0.6) is 0 Å². The summed E-state index contributed by atoms with van der Waals surface area (Å²) >= 11 is 0. The van der Waals surface area contributed by atoms with Gasteiger partial charge in [0.15, 0.2) is 15.7 Å². The van der Waals surface area contributed by atoms with Crippen LogP contribution < -0.4 is 10.6 Å². The highest BCUT2D eigenvalue weighted by atomic mass is 32.2. The van der Waals surface area contributed by atoms with Crippen LogP contribution >= 0.6 is 0 Å². The molecule has 8 nitrogen and oxygen atoms in total. The summed E-state index contributed by atoms with van der Waals surface area (Å²) in [6.07, 6.45) is 5.54. The van der Waals surface area contributed by atoms with Crippen molar-refractivity contribution in [3.05, 3.63) is 42.4 Å². The van der Waals surface area contributed by atoms with Crippen LogP contribution in [-0.2, 0) is 16.4 Å². The van der Waals surface area contributed by atoms with E-state index in [-0.39, 0.29) is 30.1 Å². The lowest BCUT2D eigenvalue weighted by molar-refractivity contribution is 0.237. The smallest absolute Gasteiger partial charge is 0.315 e. The Morgan fingerprint density at radius 2 is 2.22 bits per heavy atom. The molecule has 2 aromatic heterocycles. The van der Waals surface area contributed by atoms with Gasteiger partial charge in [-0.3, -0.25) is 0 Å². The Kier molecular flexibility index (Phi) is 4.28. The number of carbonyl (C=O) groups is 1. The van der Waals surface area contributed by atoms with E-state index in [0.717, 1.165) is 5.56 Å². The first-order valence-electron chi connectivity index (χ1n) is 7.22. The maximum absolute atomic E-state index is 11.9. The van der Waals surface area contributed by atoms with Gasteiger partial charge in [-0.25, -0.2) is 22.9 Å². The van der Waals surface area contributed by atoms with Crippen molar-refractivity contribution in [3.8, 4) is 5.82 Å². The summed E-state index contributed by atoms with van der Waals surface area (Å²) in [4.78, 5) is 16.2. The molecule has 2 amide bonds. The molecule has 1 saturated heterocycles. The number of sulfone groups is 1. The molecule has 2 aromatic rings. The molecule has 23 heavy (non-hydrogen) atoms. The molecule has 2 N–H and O–H groups in total. The highest BCUT2D eigenvalue weighted by Crippen LogP contribution is 2.12. The van der Waals surface area contributed by atoms with Crippen molar-refractivity contribution in [1.29, 1.82) is 0 Å². The third-order valence-electron chi connectivity index (χ3n) is 3.60. The molecule has 1 aliphatic rings. The number of pyridine rings is 1. The Labute approximate surface area is 133 Å². The lowest BCUT2D eigenvalue weighted by Crippen LogP contribution is -2.42. The Balaban J connectivity index is 1.60. The largest absolute Gasteiger partial charge is 0.334 e. The highest BCUT2D eigenvalue weighted by Gasteiger charge is 2.28. The van der Waals surface area contributed by atoms with Gasteiger partial charge in [-0.2, -0.15) is 5.10 Å². The summed E-state index contributed by atoms with van der Waals surface area (Å²) in [6.45, 7) is 0.272. The molecule has 3 rings (SSSR count). The lowest BCUT2D eigenvalue weighted by Gasteiger charge is -2.13. The van der Waals surface area contributed by atoms with Crippen molar-refractivity contribution < 1.29 is 13.2 Å². The predicted molar refractivity (Wildman–Crippen MR) is 83.8 cm³/mol. The van der Waals surface area contributed by atoms with E-state index in [1.807, 2.05) is 6.07 Å². The standard InChI is InChI=1S/C14H17N5O3S/c20-14(18-12-4-8-23(21,22)10-12)16-9-11-3-1-5-15-13(11)19-7-2-6-17-19/h1-3,5-7,12H,4,8-10H2,(H2,16,18,20)/t12-/m1/s1. The fourth-order valence-electron chi connectivity index (χ4n) is 2.49. The molecule has 1 fully saturated rings. The van der Waals surface area contributed by atoms with Crippen molar-refractivity contribution in [1.82, 2.24) is 25.4 Å². The number of rotatable bonds is 4. The molecule has 0 bridgehead atoms. The number of nitrogens with zero attached hydrogens (tertiary/aromatic N) is 3. The number of nitrogens with one attached hydrogen (secondary N) is 2. The van der Waals surface area contributed by atoms with E-state index in [9.17, 15) is 13.2 Å². The zero-order valence-corrected chi connectivity index (χ0v) is 13.2. The Morgan fingerprint density at radius 1 is 1.35 bits per heavy atom. The van der Waals surface area contributed by atoms with Gasteiger partial charge in [-0.05, 0) is 18.6 Å². The van der Waals surface area contributed by atoms with Crippen molar-refractivity contribution in [2.45, 2.75) is 19.0 Å². The summed E-state index contributed by atoms with van der Waals surface area (Å²) in [7, 11) is -3.01. The molecule has 0 aliphatic carbocycles. The average molecular weight is 335 g/mol. The van der Waals surface area contributed by atoms with Crippen molar-refractivity contribution in [3.63, 3.8) is 0 Å². The fraction of sp³-hybridized carbons (Fsp3) is 0.357. The van der Waals surface area contributed by atoms with Crippen LogP contribution in [0.25, 0.3) is 5.82 Å². The predicted octanol–water partition coefficient (Wildman–Crippen LogP) is 0.254. The summed E-state index contributed by atoms with van der Waals surface area (Å²) in [5.41, 5.74) is 0.811. The first kappa shape index (κ1) is 15.5. The molecule has 1 aliphatic heterocycles. The van der Waals surface area contributed by atoms with E-state index >= 15 is 0 Å². The molecular formula is C14H17N5O3S. The van der Waals surface area contributed by atoms with Crippen LogP contribution in [0, 0.1) is 0 Å². The van der Waals surface area contributed by atoms with Crippen LogP contribution in [-0.4, -0.2) is 46.8 Å². The molecule has 9 heteroatoms. The number of hydrogen-bond donors (Lipinski definition) is 2. The number of carbonyl (C=O) groups excluding carboxylic acids is 1. The van der Waals surface area contributed by atoms with Gasteiger partial charge in [0.2, 0.25) is 0 Å². The minimum Gasteiger partial charge on any atom is -0.334 e. The SMILES string of the molecule is O=C(NCc1cccnc1-n1cccn1)N[C@@H]1CCS(=O)(=O)C1. The first-order valence-corrected chi connectivity index (χ1v) is 9.04. The lowest BCUT2D eigenvalue weighted by atomic mass is 10.2. The normalized spacial score (nSPS) is 19.4. The third kappa shape index (κ3) is 3.86. The first-order chi connectivity index (χ1) is 11.0. The van der Waals surface area contributed by atoms with Crippen LogP contribution in [0.4, 0.5) is 4.79 Å². The van der Waals surface area contributed by atoms with Gasteiger partial charge < -0.3 is 10.6 Å². The quantitative estimate of drug-likeness (QED) is 0.833. The zero-order chi connectivity index (χ0) is 16.3. The van der Waals surface area contributed by atoms with E-state index in [2.05, 4.69) is 20.7 Å². The van der Waals surface area contributed by atoms with Gasteiger partial charge >= 0.3 is 6.03 Å². The van der Waals surface area contributed by atoms with Crippen molar-refractivity contribution in [2.75, 3.05) is 11.5 Å². The fourth-order valence-corrected chi connectivity index (χ4v) is 4.16. The second-order valence-electron chi connectivity index (χ2n) is 5.36. The molecule has 122 valence electrons. The van der Waals surface area contributed by atoms with Crippen LogP contribution in [0.3, 0.4) is 0 Å². The molecule has 0 spiro atoms. The Morgan fingerprint density at radius 3 is 2.91 bits per heavy atom. The van der Waals surface area contributed by atoms with E-state index in [0.29, 0.717) is 12.2 Å². The maximum atomic E-state index is 11.9. The zero-order valence-electron chi connectivity index (χ0n) is 12.3. The molecule has 0 unspecified atom stereocenters. The summed E-state index contributed by atoms with van der Waals surface area (Å²) < 4.78 is 24.4. The minimum absolute atomic E-state index is 0.00580. The maximum Gasteiger partial charge on any atom is 0.315 e. The second-order valence-corrected chi connectivity index (χ2v) is 7.59. The molecule has 0 aromatic carbocycles. The Bertz CT molecular complexity index is 789. The van der Waals surface area contributed by atoms with Crippen LogP contribution in [0.1, 0.15) is 12.0 Å².